The van der Waals surface area contributed by atoms with Gasteiger partial charge in [0.15, 0.2) is 5.96 Å². The maximum Gasteiger partial charge on any atom is 0.237 e. The van der Waals surface area contributed by atoms with E-state index < -0.39 is 5.54 Å². The highest BCUT2D eigenvalue weighted by Gasteiger charge is 2.35. The molecule has 1 fully saturated rings. The summed E-state index contributed by atoms with van der Waals surface area (Å²) in [6.45, 7) is 7.83. The lowest BCUT2D eigenvalue weighted by Crippen LogP contribution is -2.61. The minimum absolute atomic E-state index is 0.277. The standard InChI is InChI=1S/C15H25N5OS/c1-15(2,13(16)21)20-8-6-19(7-9-20)14(17-3)18-11-12-5-4-10-22-12/h4-5,10H,6-9,11H2,1-3H3,(H2,16,21)(H,17,18). The van der Waals surface area contributed by atoms with E-state index in [-0.39, 0.29) is 5.91 Å². The van der Waals surface area contributed by atoms with Crippen LogP contribution in [0, 0.1) is 0 Å². The Bertz CT molecular complexity index is 518. The third kappa shape index (κ3) is 3.78. The number of carbonyl (C=O) groups is 1. The summed E-state index contributed by atoms with van der Waals surface area (Å²) in [6, 6.07) is 4.16. The molecule has 3 N–H and O–H groups in total. The van der Waals surface area contributed by atoms with Gasteiger partial charge >= 0.3 is 0 Å². The number of nitrogens with two attached hydrogens (primary N) is 1. The molecular weight excluding hydrogens is 298 g/mol. The second kappa shape index (κ2) is 7.11. The summed E-state index contributed by atoms with van der Waals surface area (Å²) in [6.07, 6.45) is 0. The monoisotopic (exact) mass is 323 g/mol. The molecule has 1 aromatic heterocycles. The number of amides is 1. The van der Waals surface area contributed by atoms with Crippen molar-refractivity contribution in [3.63, 3.8) is 0 Å². The van der Waals surface area contributed by atoms with Gasteiger partial charge in [0.25, 0.3) is 0 Å². The van der Waals surface area contributed by atoms with Gasteiger partial charge in [-0.3, -0.25) is 14.7 Å². The molecule has 0 saturated carbocycles. The van der Waals surface area contributed by atoms with Gasteiger partial charge in [0, 0.05) is 38.1 Å². The van der Waals surface area contributed by atoms with Crippen molar-refractivity contribution in [1.29, 1.82) is 0 Å². The van der Waals surface area contributed by atoms with Crippen LogP contribution in [0.3, 0.4) is 0 Å². The van der Waals surface area contributed by atoms with Gasteiger partial charge in [-0.2, -0.15) is 0 Å². The fourth-order valence-corrected chi connectivity index (χ4v) is 3.19. The van der Waals surface area contributed by atoms with Gasteiger partial charge in [0.05, 0.1) is 12.1 Å². The summed E-state index contributed by atoms with van der Waals surface area (Å²) in [5.41, 5.74) is 4.90. The molecule has 2 rings (SSSR count). The number of thiophene rings is 1. The van der Waals surface area contributed by atoms with Crippen LogP contribution in [0.5, 0.6) is 0 Å². The first-order valence-electron chi connectivity index (χ1n) is 7.48. The number of primary amides is 1. The number of hydrogen-bond donors (Lipinski definition) is 2. The molecule has 1 saturated heterocycles. The van der Waals surface area contributed by atoms with Crippen LogP contribution >= 0.6 is 11.3 Å². The average molecular weight is 323 g/mol. The highest BCUT2D eigenvalue weighted by molar-refractivity contribution is 7.09. The van der Waals surface area contributed by atoms with Crippen molar-refractivity contribution in [3.05, 3.63) is 22.4 Å². The Labute approximate surface area is 136 Å². The molecule has 0 spiro atoms. The second-order valence-electron chi connectivity index (χ2n) is 5.88. The van der Waals surface area contributed by atoms with Crippen LogP contribution in [0.4, 0.5) is 0 Å². The number of piperazine rings is 1. The van der Waals surface area contributed by atoms with E-state index in [1.807, 2.05) is 13.8 Å². The predicted molar refractivity (Wildman–Crippen MR) is 90.9 cm³/mol. The quantitative estimate of drug-likeness (QED) is 0.632. The average Bonchev–Trinajstić information content (AvgIpc) is 3.01. The number of nitrogens with zero attached hydrogens (tertiary/aromatic N) is 3. The zero-order valence-electron chi connectivity index (χ0n) is 13.5. The first-order chi connectivity index (χ1) is 10.4. The minimum atomic E-state index is -0.597. The van der Waals surface area contributed by atoms with Crippen LogP contribution in [-0.2, 0) is 11.3 Å². The molecule has 1 amide bonds. The SMILES string of the molecule is CN=C(NCc1cccs1)N1CCN(C(C)(C)C(N)=O)CC1. The van der Waals surface area contributed by atoms with Crippen LogP contribution in [0.15, 0.2) is 22.5 Å². The van der Waals surface area contributed by atoms with Gasteiger partial charge in [-0.15, -0.1) is 11.3 Å². The molecule has 1 aliphatic heterocycles. The minimum Gasteiger partial charge on any atom is -0.368 e. The summed E-state index contributed by atoms with van der Waals surface area (Å²) < 4.78 is 0. The summed E-state index contributed by atoms with van der Waals surface area (Å²) in [4.78, 5) is 21.6. The smallest absolute Gasteiger partial charge is 0.237 e. The second-order valence-corrected chi connectivity index (χ2v) is 6.91. The number of carbonyl (C=O) groups excluding carboxylic acids is 1. The molecule has 1 aromatic rings. The Hall–Kier alpha value is -1.60. The molecule has 0 aliphatic carbocycles. The third-order valence-corrected chi connectivity index (χ3v) is 5.06. The maximum absolute atomic E-state index is 11.6. The zero-order valence-corrected chi connectivity index (χ0v) is 14.3. The largest absolute Gasteiger partial charge is 0.368 e. The number of aliphatic imine (C=N–C) groups is 1. The Balaban J connectivity index is 1.88. The van der Waals surface area contributed by atoms with Crippen LogP contribution in [0.25, 0.3) is 0 Å². The van der Waals surface area contributed by atoms with E-state index >= 15 is 0 Å². The molecule has 2 heterocycles. The molecule has 122 valence electrons. The third-order valence-electron chi connectivity index (χ3n) is 4.19. The molecule has 7 heteroatoms. The van der Waals surface area contributed by atoms with Crippen molar-refractivity contribution in [1.82, 2.24) is 15.1 Å². The van der Waals surface area contributed by atoms with Gasteiger partial charge in [0.2, 0.25) is 5.91 Å². The van der Waals surface area contributed by atoms with Crippen LogP contribution in [-0.4, -0.2) is 60.4 Å². The van der Waals surface area contributed by atoms with Gasteiger partial charge in [0.1, 0.15) is 0 Å². The molecule has 1 aliphatic rings. The number of rotatable bonds is 4. The number of guanidine groups is 1. The fourth-order valence-electron chi connectivity index (χ4n) is 2.54. The van der Waals surface area contributed by atoms with E-state index in [1.54, 1.807) is 18.4 Å². The summed E-state index contributed by atoms with van der Waals surface area (Å²) in [5, 5.41) is 5.47. The van der Waals surface area contributed by atoms with E-state index in [2.05, 4.69) is 37.6 Å². The van der Waals surface area contributed by atoms with Crippen molar-refractivity contribution in [2.24, 2.45) is 10.7 Å². The van der Waals surface area contributed by atoms with E-state index in [0.717, 1.165) is 38.7 Å². The first-order valence-corrected chi connectivity index (χ1v) is 8.36. The lowest BCUT2D eigenvalue weighted by atomic mass is 10.0. The van der Waals surface area contributed by atoms with Crippen molar-refractivity contribution < 1.29 is 4.79 Å². The topological polar surface area (TPSA) is 74.0 Å². The summed E-state index contributed by atoms with van der Waals surface area (Å²) in [7, 11) is 1.80. The summed E-state index contributed by atoms with van der Waals surface area (Å²) in [5.74, 6) is 0.631. The molecular formula is C15H25N5OS. The van der Waals surface area contributed by atoms with E-state index in [4.69, 9.17) is 5.73 Å². The normalized spacial score (nSPS) is 17.6. The lowest BCUT2D eigenvalue weighted by Gasteiger charge is -2.43. The predicted octanol–water partition coefficient (Wildman–Crippen LogP) is 0.705. The van der Waals surface area contributed by atoms with Gasteiger partial charge < -0.3 is 16.0 Å². The molecule has 6 nitrogen and oxygen atoms in total. The Morgan fingerprint density at radius 2 is 2.09 bits per heavy atom. The Kier molecular flexibility index (Phi) is 5.42. The van der Waals surface area contributed by atoms with Crippen molar-refractivity contribution in [2.75, 3.05) is 33.2 Å². The lowest BCUT2D eigenvalue weighted by molar-refractivity contribution is -0.129. The molecule has 0 aromatic carbocycles. The van der Waals surface area contributed by atoms with Gasteiger partial charge in [-0.1, -0.05) is 6.07 Å². The van der Waals surface area contributed by atoms with Crippen molar-refractivity contribution >= 4 is 23.2 Å². The fraction of sp³-hybridized carbons (Fsp3) is 0.600. The summed E-state index contributed by atoms with van der Waals surface area (Å²) >= 11 is 1.73. The van der Waals surface area contributed by atoms with Crippen molar-refractivity contribution in [2.45, 2.75) is 25.9 Å². The molecule has 0 atom stereocenters. The number of hydrogen-bond acceptors (Lipinski definition) is 4. The molecule has 22 heavy (non-hydrogen) atoms. The number of nitrogens with one attached hydrogen (secondary N) is 1. The van der Waals surface area contributed by atoms with Crippen LogP contribution in [0.2, 0.25) is 0 Å². The highest BCUT2D eigenvalue weighted by Crippen LogP contribution is 2.16. The first kappa shape index (κ1) is 16.8. The Morgan fingerprint density at radius 1 is 1.41 bits per heavy atom. The van der Waals surface area contributed by atoms with E-state index in [1.165, 1.54) is 4.88 Å². The van der Waals surface area contributed by atoms with Gasteiger partial charge in [-0.25, -0.2) is 0 Å². The molecule has 0 unspecified atom stereocenters. The van der Waals surface area contributed by atoms with Crippen LogP contribution in [0.1, 0.15) is 18.7 Å². The molecule has 0 radical (unpaired) electrons. The van der Waals surface area contributed by atoms with E-state index in [9.17, 15) is 4.79 Å². The van der Waals surface area contributed by atoms with E-state index in [0.29, 0.717) is 0 Å². The van der Waals surface area contributed by atoms with Crippen LogP contribution < -0.4 is 11.1 Å². The van der Waals surface area contributed by atoms with Gasteiger partial charge in [-0.05, 0) is 25.3 Å². The zero-order chi connectivity index (χ0) is 16.2. The maximum atomic E-state index is 11.6. The highest BCUT2D eigenvalue weighted by atomic mass is 32.1. The Morgan fingerprint density at radius 3 is 2.59 bits per heavy atom. The molecule has 0 bridgehead atoms. The van der Waals surface area contributed by atoms with Crippen molar-refractivity contribution in [3.8, 4) is 0 Å².